The van der Waals surface area contributed by atoms with Gasteiger partial charge in [0.1, 0.15) is 5.75 Å². The van der Waals surface area contributed by atoms with Crippen molar-refractivity contribution in [1.29, 1.82) is 0 Å². The van der Waals surface area contributed by atoms with E-state index in [1.165, 1.54) is 12.1 Å². The van der Waals surface area contributed by atoms with Gasteiger partial charge in [-0.25, -0.2) is 0 Å². The van der Waals surface area contributed by atoms with Gasteiger partial charge < -0.3 is 10.1 Å². The van der Waals surface area contributed by atoms with Gasteiger partial charge in [-0.1, -0.05) is 17.7 Å². The Balaban J connectivity index is 1.53. The molecule has 0 saturated heterocycles. The van der Waals surface area contributed by atoms with Crippen molar-refractivity contribution in [3.8, 4) is 11.5 Å². The average molecular weight is 533 g/mol. The number of benzene rings is 2. The second-order valence-electron chi connectivity index (χ2n) is 9.13. The zero-order valence-corrected chi connectivity index (χ0v) is 20.0. The predicted octanol–water partition coefficient (Wildman–Crippen LogP) is 6.76. The summed E-state index contributed by atoms with van der Waals surface area (Å²) < 4.78 is 44.6. The fourth-order valence-electron chi connectivity index (χ4n) is 5.14. The van der Waals surface area contributed by atoms with Crippen molar-refractivity contribution < 1.29 is 32.4 Å². The first-order valence-corrected chi connectivity index (χ1v) is 12.0. The van der Waals surface area contributed by atoms with Crippen LogP contribution < -0.4 is 10.1 Å². The number of nitro benzene ring substituents is 1. The molecule has 0 radical (unpaired) electrons. The number of ketones is 2. The van der Waals surface area contributed by atoms with E-state index < -0.39 is 34.0 Å². The molecule has 2 aromatic rings. The highest BCUT2D eigenvalue weighted by Gasteiger charge is 2.40. The normalized spacial score (nSPS) is 18.4. The van der Waals surface area contributed by atoms with Gasteiger partial charge in [0.15, 0.2) is 11.6 Å². The summed E-state index contributed by atoms with van der Waals surface area (Å²) in [6.45, 7) is 0. The lowest BCUT2D eigenvalue weighted by atomic mass is 9.71. The van der Waals surface area contributed by atoms with Crippen LogP contribution in [0.3, 0.4) is 0 Å². The minimum atomic E-state index is -4.76. The summed E-state index contributed by atoms with van der Waals surface area (Å²) in [5, 5.41) is 14.8. The van der Waals surface area contributed by atoms with E-state index >= 15 is 0 Å². The van der Waals surface area contributed by atoms with Gasteiger partial charge in [-0.05, 0) is 55.5 Å². The Morgan fingerprint density at radius 2 is 1.51 bits per heavy atom. The predicted molar refractivity (Wildman–Crippen MR) is 127 cm³/mol. The number of allylic oxidation sites excluding steroid dienone is 4. The largest absolute Gasteiger partial charge is 0.449 e. The number of carbonyl (C=O) groups excluding carboxylic acids is 2. The molecule has 2 aromatic carbocycles. The van der Waals surface area contributed by atoms with E-state index in [2.05, 4.69) is 5.32 Å². The zero-order valence-electron chi connectivity index (χ0n) is 19.3. The molecule has 1 N–H and O–H groups in total. The van der Waals surface area contributed by atoms with E-state index in [0.717, 1.165) is 17.5 Å². The number of nitro groups is 1. The first kappa shape index (κ1) is 25.0. The molecule has 5 rings (SSSR count). The SMILES string of the molecule is O=C1CCCC2=C1C(c1ccc(Oc3ccc(C(F)(F)F)cc3[N+](=O)[O-])c(Cl)c1)C1=C(CCCC1=O)N2. The van der Waals surface area contributed by atoms with Crippen LogP contribution in [0.1, 0.15) is 55.6 Å². The molecule has 0 fully saturated rings. The van der Waals surface area contributed by atoms with Gasteiger partial charge >= 0.3 is 11.9 Å². The number of carbonyl (C=O) groups is 2. The highest BCUT2D eigenvalue weighted by Crippen LogP contribution is 2.47. The van der Waals surface area contributed by atoms with Crippen LogP contribution in [-0.2, 0) is 15.8 Å². The van der Waals surface area contributed by atoms with Gasteiger partial charge in [0.05, 0.1) is 15.5 Å². The van der Waals surface area contributed by atoms with Crippen LogP contribution in [0, 0.1) is 10.1 Å². The van der Waals surface area contributed by atoms with E-state index in [-0.39, 0.29) is 22.3 Å². The van der Waals surface area contributed by atoms with Crippen molar-refractivity contribution in [1.82, 2.24) is 5.32 Å². The van der Waals surface area contributed by atoms with Crippen molar-refractivity contribution in [2.45, 2.75) is 50.6 Å². The maximum absolute atomic E-state index is 13.0. The molecule has 192 valence electrons. The molecule has 7 nitrogen and oxygen atoms in total. The summed E-state index contributed by atoms with van der Waals surface area (Å²) in [6, 6.07) is 6.53. The van der Waals surface area contributed by atoms with Gasteiger partial charge in [0.2, 0.25) is 5.75 Å². The summed E-state index contributed by atoms with van der Waals surface area (Å²) in [4.78, 5) is 36.4. The van der Waals surface area contributed by atoms with E-state index in [9.17, 15) is 32.9 Å². The molecule has 0 bridgehead atoms. The Morgan fingerprint density at radius 1 is 0.919 bits per heavy atom. The Bertz CT molecular complexity index is 1370. The molecular weight excluding hydrogens is 513 g/mol. The van der Waals surface area contributed by atoms with E-state index in [1.54, 1.807) is 6.07 Å². The maximum atomic E-state index is 13.0. The molecule has 3 aliphatic rings. The van der Waals surface area contributed by atoms with E-state index in [1.807, 2.05) is 0 Å². The van der Waals surface area contributed by atoms with Crippen LogP contribution in [0.4, 0.5) is 18.9 Å². The second kappa shape index (κ2) is 9.33. The second-order valence-corrected chi connectivity index (χ2v) is 9.53. The number of ether oxygens (including phenoxy) is 1. The highest BCUT2D eigenvalue weighted by atomic mass is 35.5. The van der Waals surface area contributed by atoms with Crippen LogP contribution in [0.5, 0.6) is 11.5 Å². The van der Waals surface area contributed by atoms with Crippen LogP contribution in [0.15, 0.2) is 58.9 Å². The van der Waals surface area contributed by atoms with E-state index in [0.29, 0.717) is 67.4 Å². The topological polar surface area (TPSA) is 98.5 Å². The number of nitrogens with one attached hydrogen (secondary N) is 1. The number of dihydropyridines is 1. The first-order valence-electron chi connectivity index (χ1n) is 11.7. The molecule has 0 amide bonds. The third-order valence-electron chi connectivity index (χ3n) is 6.78. The lowest BCUT2D eigenvalue weighted by Crippen LogP contribution is -2.36. The quantitative estimate of drug-likeness (QED) is 0.345. The number of alkyl halides is 3. The summed E-state index contributed by atoms with van der Waals surface area (Å²) in [5.41, 5.74) is 1.26. The van der Waals surface area contributed by atoms with E-state index in [4.69, 9.17) is 16.3 Å². The first-order chi connectivity index (χ1) is 17.5. The molecule has 0 unspecified atom stereocenters. The van der Waals surface area contributed by atoms with Gasteiger partial charge in [0, 0.05) is 47.4 Å². The standard InChI is InChI=1S/C26H20ClF3N2O5/c27-15-11-13(7-9-21(15)37-22-10-8-14(26(28,29)30)12-18(22)32(35)36)23-24-16(3-1-5-19(24)33)31-17-4-2-6-20(34)25(17)23/h7-12,23,31H,1-6H2. The molecule has 0 spiro atoms. The van der Waals surface area contributed by atoms with Gasteiger partial charge in [-0.2, -0.15) is 13.2 Å². The summed E-state index contributed by atoms with van der Waals surface area (Å²) in [7, 11) is 0. The molecule has 0 atom stereocenters. The van der Waals surface area contributed by atoms with Crippen molar-refractivity contribution in [3.05, 3.63) is 85.2 Å². The van der Waals surface area contributed by atoms with Crippen LogP contribution in [-0.4, -0.2) is 16.5 Å². The monoisotopic (exact) mass is 532 g/mol. The third-order valence-corrected chi connectivity index (χ3v) is 7.08. The minimum Gasteiger partial charge on any atom is -0.449 e. The molecule has 0 saturated carbocycles. The molecule has 2 aliphatic carbocycles. The fraction of sp³-hybridized carbons (Fsp3) is 0.308. The van der Waals surface area contributed by atoms with Crippen LogP contribution >= 0.6 is 11.6 Å². The minimum absolute atomic E-state index is 0.0180. The Hall–Kier alpha value is -3.66. The van der Waals surface area contributed by atoms with Gasteiger partial charge in [0.25, 0.3) is 0 Å². The maximum Gasteiger partial charge on any atom is 0.416 e. The third kappa shape index (κ3) is 4.61. The van der Waals surface area contributed by atoms with Crippen molar-refractivity contribution in [2.75, 3.05) is 0 Å². The smallest absolute Gasteiger partial charge is 0.416 e. The van der Waals surface area contributed by atoms with Crippen molar-refractivity contribution >= 4 is 28.9 Å². The zero-order chi connectivity index (χ0) is 26.5. The molecule has 1 aliphatic heterocycles. The molecule has 37 heavy (non-hydrogen) atoms. The average Bonchev–Trinajstić information content (AvgIpc) is 2.84. The lowest BCUT2D eigenvalue weighted by Gasteiger charge is -2.37. The number of rotatable bonds is 4. The van der Waals surface area contributed by atoms with Crippen LogP contribution in [0.25, 0.3) is 0 Å². The summed E-state index contributed by atoms with van der Waals surface area (Å²) in [5.74, 6) is -1.11. The number of nitrogens with zero attached hydrogens (tertiary/aromatic N) is 1. The summed E-state index contributed by atoms with van der Waals surface area (Å²) >= 11 is 6.46. The Morgan fingerprint density at radius 3 is 2.05 bits per heavy atom. The number of hydrogen-bond donors (Lipinski definition) is 1. The molecule has 11 heteroatoms. The number of halogens is 4. The summed E-state index contributed by atoms with van der Waals surface area (Å²) in [6.07, 6.45) is -1.20. The van der Waals surface area contributed by atoms with Gasteiger partial charge in [-0.15, -0.1) is 0 Å². The van der Waals surface area contributed by atoms with Crippen molar-refractivity contribution in [3.63, 3.8) is 0 Å². The van der Waals surface area contributed by atoms with Gasteiger partial charge in [-0.3, -0.25) is 19.7 Å². The lowest BCUT2D eigenvalue weighted by molar-refractivity contribution is -0.385. The number of hydrogen-bond acceptors (Lipinski definition) is 6. The van der Waals surface area contributed by atoms with Crippen LogP contribution in [0.2, 0.25) is 5.02 Å². The van der Waals surface area contributed by atoms with Crippen molar-refractivity contribution in [2.24, 2.45) is 0 Å². The Kier molecular flexibility index (Phi) is 6.31. The highest BCUT2D eigenvalue weighted by molar-refractivity contribution is 6.32. The Labute approximate surface area is 214 Å². The molecule has 1 heterocycles. The fourth-order valence-corrected chi connectivity index (χ4v) is 5.36. The number of Topliss-reactive ketones (excluding diaryl/α,β-unsaturated/α-hetero) is 2. The molecular formula is C26H20ClF3N2O5. The molecule has 0 aromatic heterocycles.